The zero-order chi connectivity index (χ0) is 15.5. The third-order valence-electron chi connectivity index (χ3n) is 2.55. The fraction of sp³-hybridized carbons (Fsp3) is 0.333. The quantitative estimate of drug-likeness (QED) is 0.178. The molecule has 22 heavy (non-hydrogen) atoms. The molecule has 1 amide bonds. The predicted octanol–water partition coefficient (Wildman–Crippen LogP) is 1.48. The lowest BCUT2D eigenvalue weighted by molar-refractivity contribution is 0.0955. The van der Waals surface area contributed by atoms with E-state index in [0.29, 0.717) is 31.2 Å². The molecule has 0 saturated heterocycles. The van der Waals surface area contributed by atoms with Crippen LogP contribution in [0.1, 0.15) is 17.3 Å². The molecule has 0 aliphatic heterocycles. The van der Waals surface area contributed by atoms with Crippen LogP contribution in [0.4, 0.5) is 0 Å². The van der Waals surface area contributed by atoms with Crippen molar-refractivity contribution in [2.75, 3.05) is 26.2 Å². The van der Waals surface area contributed by atoms with E-state index in [1.807, 2.05) is 6.92 Å². The molecule has 0 spiro atoms. The Morgan fingerprint density at radius 1 is 1.27 bits per heavy atom. The van der Waals surface area contributed by atoms with Crippen LogP contribution in [0, 0.1) is 0 Å². The fourth-order valence-corrected chi connectivity index (χ4v) is 1.56. The highest BCUT2D eigenvalue weighted by atomic mass is 127. The van der Waals surface area contributed by atoms with E-state index in [9.17, 15) is 4.79 Å². The molecule has 0 aromatic heterocycles. The summed E-state index contributed by atoms with van der Waals surface area (Å²) >= 11 is 0. The largest absolute Gasteiger partial charge is 0.508 e. The first-order valence-electron chi connectivity index (χ1n) is 6.87. The number of guanidine groups is 1. The summed E-state index contributed by atoms with van der Waals surface area (Å²) in [5, 5.41) is 18.1. The van der Waals surface area contributed by atoms with Crippen LogP contribution in [-0.4, -0.2) is 43.2 Å². The number of carbonyl (C=O) groups excluding carboxylic acids is 1. The van der Waals surface area contributed by atoms with Gasteiger partial charge in [-0.25, -0.2) is 0 Å². The Morgan fingerprint density at radius 2 is 1.95 bits per heavy atom. The molecule has 0 atom stereocenters. The third kappa shape index (κ3) is 7.87. The number of benzene rings is 1. The molecule has 6 nitrogen and oxygen atoms in total. The second-order valence-electron chi connectivity index (χ2n) is 4.23. The Bertz CT molecular complexity index is 489. The molecular weight excluding hydrogens is 395 g/mol. The second-order valence-corrected chi connectivity index (χ2v) is 4.23. The number of amides is 1. The monoisotopic (exact) mass is 418 g/mol. The van der Waals surface area contributed by atoms with Gasteiger partial charge in [-0.3, -0.25) is 9.79 Å². The standard InChI is InChI=1S/C15H22N4O2.HI/c1-3-9-18-15(16-4-2)19-11-10-17-14(21)12-5-7-13(20)8-6-12;/h3,5-8,20H,1,4,9-11H2,2H3,(H,17,21)(H2,16,18,19);1H. The average molecular weight is 418 g/mol. The van der Waals surface area contributed by atoms with Gasteiger partial charge in [0.05, 0.1) is 6.54 Å². The van der Waals surface area contributed by atoms with Crippen LogP contribution in [0.25, 0.3) is 0 Å². The minimum atomic E-state index is -0.186. The molecule has 0 bridgehead atoms. The van der Waals surface area contributed by atoms with Gasteiger partial charge < -0.3 is 21.1 Å². The van der Waals surface area contributed by atoms with Gasteiger partial charge in [0.25, 0.3) is 5.91 Å². The lowest BCUT2D eigenvalue weighted by Gasteiger charge is -2.09. The Morgan fingerprint density at radius 3 is 2.55 bits per heavy atom. The maximum absolute atomic E-state index is 11.8. The number of aliphatic imine (C=N–C) groups is 1. The van der Waals surface area contributed by atoms with Crippen molar-refractivity contribution >= 4 is 35.8 Å². The molecule has 0 unspecified atom stereocenters. The molecule has 0 radical (unpaired) electrons. The molecular formula is C15H23IN4O2. The van der Waals surface area contributed by atoms with Gasteiger partial charge in [0, 0.05) is 25.2 Å². The number of rotatable bonds is 7. The van der Waals surface area contributed by atoms with Crippen molar-refractivity contribution in [3.63, 3.8) is 0 Å². The number of phenolic OH excluding ortho intramolecular Hbond substituents is 1. The van der Waals surface area contributed by atoms with Crippen molar-refractivity contribution < 1.29 is 9.90 Å². The summed E-state index contributed by atoms with van der Waals surface area (Å²) in [6.45, 7) is 7.92. The van der Waals surface area contributed by atoms with Gasteiger partial charge in [-0.15, -0.1) is 30.6 Å². The zero-order valence-corrected chi connectivity index (χ0v) is 15.0. The lowest BCUT2D eigenvalue weighted by Crippen LogP contribution is -2.38. The highest BCUT2D eigenvalue weighted by molar-refractivity contribution is 14.0. The van der Waals surface area contributed by atoms with Gasteiger partial charge in [-0.2, -0.15) is 0 Å². The summed E-state index contributed by atoms with van der Waals surface area (Å²) in [5.41, 5.74) is 0.508. The van der Waals surface area contributed by atoms with Crippen LogP contribution in [-0.2, 0) is 0 Å². The van der Waals surface area contributed by atoms with E-state index in [2.05, 4.69) is 27.5 Å². The van der Waals surface area contributed by atoms with Crippen molar-refractivity contribution in [2.45, 2.75) is 6.92 Å². The molecule has 1 rings (SSSR count). The third-order valence-corrected chi connectivity index (χ3v) is 2.55. The average Bonchev–Trinajstić information content (AvgIpc) is 2.49. The van der Waals surface area contributed by atoms with Crippen LogP contribution >= 0.6 is 24.0 Å². The van der Waals surface area contributed by atoms with Crippen molar-refractivity contribution in [3.05, 3.63) is 42.5 Å². The fourth-order valence-electron chi connectivity index (χ4n) is 1.56. The van der Waals surface area contributed by atoms with E-state index >= 15 is 0 Å². The molecule has 0 aliphatic carbocycles. The van der Waals surface area contributed by atoms with E-state index < -0.39 is 0 Å². The summed E-state index contributed by atoms with van der Waals surface area (Å²) in [5.74, 6) is 0.644. The zero-order valence-electron chi connectivity index (χ0n) is 12.6. The summed E-state index contributed by atoms with van der Waals surface area (Å²) in [7, 11) is 0. The van der Waals surface area contributed by atoms with Gasteiger partial charge >= 0.3 is 0 Å². The molecule has 7 heteroatoms. The normalized spacial score (nSPS) is 10.3. The summed E-state index contributed by atoms with van der Waals surface area (Å²) in [4.78, 5) is 16.1. The Kier molecular flexibility index (Phi) is 10.9. The topological polar surface area (TPSA) is 85.8 Å². The van der Waals surface area contributed by atoms with Crippen LogP contribution < -0.4 is 16.0 Å². The molecule has 0 saturated carbocycles. The Hall–Kier alpha value is -1.77. The van der Waals surface area contributed by atoms with Gasteiger partial charge in [-0.05, 0) is 31.2 Å². The second kappa shape index (κ2) is 11.8. The van der Waals surface area contributed by atoms with Crippen molar-refractivity contribution in [3.8, 4) is 5.75 Å². The number of halogens is 1. The van der Waals surface area contributed by atoms with E-state index in [0.717, 1.165) is 6.54 Å². The van der Waals surface area contributed by atoms with Crippen molar-refractivity contribution in [2.24, 2.45) is 4.99 Å². The Labute approximate surface area is 148 Å². The smallest absolute Gasteiger partial charge is 0.251 e. The van der Waals surface area contributed by atoms with Crippen LogP contribution in [0.3, 0.4) is 0 Å². The predicted molar refractivity (Wildman–Crippen MR) is 100 cm³/mol. The first-order chi connectivity index (χ1) is 10.2. The van der Waals surface area contributed by atoms with Crippen molar-refractivity contribution in [1.82, 2.24) is 16.0 Å². The number of hydrogen-bond donors (Lipinski definition) is 4. The van der Waals surface area contributed by atoms with E-state index in [1.165, 1.54) is 12.1 Å². The molecule has 122 valence electrons. The highest BCUT2D eigenvalue weighted by Gasteiger charge is 2.04. The minimum absolute atomic E-state index is 0. The molecule has 4 N–H and O–H groups in total. The Balaban J connectivity index is 0.00000441. The molecule has 0 fully saturated rings. The van der Waals surface area contributed by atoms with Gasteiger partial charge in [0.2, 0.25) is 0 Å². The van der Waals surface area contributed by atoms with Gasteiger partial charge in [0.1, 0.15) is 5.75 Å². The maximum atomic E-state index is 11.8. The van der Waals surface area contributed by atoms with Crippen LogP contribution in [0.15, 0.2) is 41.9 Å². The first-order valence-corrected chi connectivity index (χ1v) is 6.87. The molecule has 0 heterocycles. The lowest BCUT2D eigenvalue weighted by atomic mass is 10.2. The molecule has 1 aromatic carbocycles. The number of hydrogen-bond acceptors (Lipinski definition) is 3. The van der Waals surface area contributed by atoms with Gasteiger partial charge in [-0.1, -0.05) is 6.08 Å². The maximum Gasteiger partial charge on any atom is 0.251 e. The first kappa shape index (κ1) is 20.2. The molecule has 0 aliphatic rings. The number of phenols is 1. The van der Waals surface area contributed by atoms with E-state index in [-0.39, 0.29) is 35.6 Å². The van der Waals surface area contributed by atoms with Crippen LogP contribution in [0.5, 0.6) is 5.75 Å². The van der Waals surface area contributed by atoms with Crippen LogP contribution in [0.2, 0.25) is 0 Å². The van der Waals surface area contributed by atoms with E-state index in [4.69, 9.17) is 5.11 Å². The number of carbonyl (C=O) groups is 1. The molecule has 1 aromatic rings. The van der Waals surface area contributed by atoms with E-state index in [1.54, 1.807) is 18.2 Å². The number of aromatic hydroxyl groups is 1. The number of nitrogens with one attached hydrogen (secondary N) is 3. The summed E-state index contributed by atoms with van der Waals surface area (Å²) in [6.07, 6.45) is 1.75. The van der Waals surface area contributed by atoms with Crippen molar-refractivity contribution in [1.29, 1.82) is 0 Å². The number of nitrogens with zero attached hydrogens (tertiary/aromatic N) is 1. The minimum Gasteiger partial charge on any atom is -0.508 e. The van der Waals surface area contributed by atoms with Gasteiger partial charge in [0.15, 0.2) is 5.96 Å². The highest BCUT2D eigenvalue weighted by Crippen LogP contribution is 2.09. The summed E-state index contributed by atoms with van der Waals surface area (Å²) < 4.78 is 0. The SMILES string of the molecule is C=CCNC(=NCCNC(=O)c1ccc(O)cc1)NCC.I. The summed E-state index contributed by atoms with van der Waals surface area (Å²) in [6, 6.07) is 6.11.